The molecule has 3 heteroatoms. The zero-order valence-corrected chi connectivity index (χ0v) is 11.5. The molecule has 3 nitrogen and oxygen atoms in total. The lowest BCUT2D eigenvalue weighted by molar-refractivity contribution is 0.118. The molecule has 1 rings (SSSR count). The lowest BCUT2D eigenvalue weighted by atomic mass is 10.1. The first-order chi connectivity index (χ1) is 8.27. The Kier molecular flexibility index (Phi) is 7.23. The molecule has 0 spiro atoms. The van der Waals surface area contributed by atoms with Crippen molar-refractivity contribution in [2.75, 3.05) is 32.7 Å². The zero-order chi connectivity index (χ0) is 12.5. The number of nitriles is 1. The Morgan fingerprint density at radius 1 is 1.06 bits per heavy atom. The number of rotatable bonds is 7. The van der Waals surface area contributed by atoms with Crippen LogP contribution in [0.25, 0.3) is 0 Å². The van der Waals surface area contributed by atoms with E-state index < -0.39 is 0 Å². The summed E-state index contributed by atoms with van der Waals surface area (Å²) in [5, 5.41) is 8.87. The van der Waals surface area contributed by atoms with E-state index in [2.05, 4.69) is 22.8 Å². The summed E-state index contributed by atoms with van der Waals surface area (Å²) in [5.41, 5.74) is 0. The summed E-state index contributed by atoms with van der Waals surface area (Å²) >= 11 is 0. The van der Waals surface area contributed by atoms with Crippen LogP contribution in [0.3, 0.4) is 0 Å². The summed E-state index contributed by atoms with van der Waals surface area (Å²) < 4.78 is 0. The first kappa shape index (κ1) is 14.5. The van der Waals surface area contributed by atoms with Gasteiger partial charge in [-0.25, -0.2) is 0 Å². The molecule has 1 unspecified atom stereocenters. The summed E-state index contributed by atoms with van der Waals surface area (Å²) in [7, 11) is 0. The molecule has 0 N–H and O–H groups in total. The third-order valence-electron chi connectivity index (χ3n) is 3.72. The molecule has 0 amide bonds. The van der Waals surface area contributed by atoms with Gasteiger partial charge in [0.1, 0.15) is 0 Å². The molecular weight excluding hydrogens is 210 g/mol. The highest BCUT2D eigenvalue weighted by Crippen LogP contribution is 2.08. The minimum Gasteiger partial charge on any atom is -0.301 e. The standard InChI is InChI=1S/C14H27N3/c1-3-4-5-6-7-8-16-9-11-17(12-10-16)14(2)13-15/h14H,3-12H2,1-2H3. The van der Waals surface area contributed by atoms with Crippen LogP contribution in [-0.2, 0) is 0 Å². The average Bonchev–Trinajstić information content (AvgIpc) is 2.38. The SMILES string of the molecule is CCCCCCCN1CCN(C(C)C#N)CC1. The quantitative estimate of drug-likeness (QED) is 0.637. The summed E-state index contributed by atoms with van der Waals surface area (Å²) in [6, 6.07) is 2.41. The van der Waals surface area contributed by atoms with Crippen LogP contribution in [0.5, 0.6) is 0 Å². The minimum atomic E-state index is 0.0849. The fraction of sp³-hybridized carbons (Fsp3) is 0.929. The molecule has 0 aliphatic carbocycles. The second kappa shape index (κ2) is 8.49. The van der Waals surface area contributed by atoms with Gasteiger partial charge in [0.05, 0.1) is 12.1 Å². The largest absolute Gasteiger partial charge is 0.301 e. The van der Waals surface area contributed by atoms with Crippen molar-refractivity contribution in [1.29, 1.82) is 5.26 Å². The lowest BCUT2D eigenvalue weighted by Gasteiger charge is -2.35. The van der Waals surface area contributed by atoms with E-state index in [9.17, 15) is 0 Å². The van der Waals surface area contributed by atoms with Gasteiger partial charge in [0.25, 0.3) is 0 Å². The average molecular weight is 237 g/mol. The highest BCUT2D eigenvalue weighted by Gasteiger charge is 2.19. The highest BCUT2D eigenvalue weighted by molar-refractivity contribution is 4.90. The van der Waals surface area contributed by atoms with Gasteiger partial charge < -0.3 is 4.90 Å². The normalized spacial score (nSPS) is 20.1. The predicted molar refractivity (Wildman–Crippen MR) is 71.8 cm³/mol. The van der Waals surface area contributed by atoms with E-state index in [1.54, 1.807) is 0 Å². The lowest BCUT2D eigenvalue weighted by Crippen LogP contribution is -2.49. The number of piperazine rings is 1. The maximum Gasteiger partial charge on any atom is 0.0950 e. The number of hydrogen-bond acceptors (Lipinski definition) is 3. The van der Waals surface area contributed by atoms with Crippen molar-refractivity contribution >= 4 is 0 Å². The van der Waals surface area contributed by atoms with Gasteiger partial charge in [-0.05, 0) is 19.9 Å². The van der Waals surface area contributed by atoms with Gasteiger partial charge >= 0.3 is 0 Å². The third kappa shape index (κ3) is 5.52. The topological polar surface area (TPSA) is 30.3 Å². The fourth-order valence-corrected chi connectivity index (χ4v) is 2.39. The smallest absolute Gasteiger partial charge is 0.0950 e. The molecule has 1 saturated heterocycles. The first-order valence-electron chi connectivity index (χ1n) is 7.14. The molecule has 0 saturated carbocycles. The molecule has 1 heterocycles. The van der Waals surface area contributed by atoms with E-state index in [4.69, 9.17) is 5.26 Å². The van der Waals surface area contributed by atoms with Crippen LogP contribution >= 0.6 is 0 Å². The maximum atomic E-state index is 8.87. The predicted octanol–water partition coefficient (Wildman–Crippen LogP) is 2.49. The van der Waals surface area contributed by atoms with E-state index in [0.29, 0.717) is 0 Å². The summed E-state index contributed by atoms with van der Waals surface area (Å²) in [6.07, 6.45) is 6.82. The van der Waals surface area contributed by atoms with E-state index in [1.165, 1.54) is 38.6 Å². The van der Waals surface area contributed by atoms with Gasteiger partial charge in [-0.15, -0.1) is 0 Å². The second-order valence-corrected chi connectivity index (χ2v) is 5.10. The Balaban J connectivity index is 2.05. The monoisotopic (exact) mass is 237 g/mol. The molecular formula is C14H27N3. The number of nitrogens with zero attached hydrogens (tertiary/aromatic N) is 3. The minimum absolute atomic E-state index is 0.0849. The highest BCUT2D eigenvalue weighted by atomic mass is 15.3. The molecule has 0 radical (unpaired) electrons. The van der Waals surface area contributed by atoms with Gasteiger partial charge in [-0.3, -0.25) is 4.90 Å². The van der Waals surface area contributed by atoms with Gasteiger partial charge in [-0.2, -0.15) is 5.26 Å². The van der Waals surface area contributed by atoms with E-state index in [-0.39, 0.29) is 6.04 Å². The van der Waals surface area contributed by atoms with Crippen molar-refractivity contribution in [2.24, 2.45) is 0 Å². The van der Waals surface area contributed by atoms with E-state index >= 15 is 0 Å². The van der Waals surface area contributed by atoms with Crippen LogP contribution < -0.4 is 0 Å². The van der Waals surface area contributed by atoms with Gasteiger partial charge in [0.15, 0.2) is 0 Å². The summed E-state index contributed by atoms with van der Waals surface area (Å²) in [6.45, 7) is 9.90. The zero-order valence-electron chi connectivity index (χ0n) is 11.5. The molecule has 0 aromatic rings. The first-order valence-corrected chi connectivity index (χ1v) is 7.14. The third-order valence-corrected chi connectivity index (χ3v) is 3.72. The molecule has 1 atom stereocenters. The molecule has 1 aliphatic rings. The van der Waals surface area contributed by atoms with Crippen molar-refractivity contribution in [2.45, 2.75) is 52.0 Å². The van der Waals surface area contributed by atoms with Crippen molar-refractivity contribution < 1.29 is 0 Å². The van der Waals surface area contributed by atoms with Crippen LogP contribution in [-0.4, -0.2) is 48.6 Å². The second-order valence-electron chi connectivity index (χ2n) is 5.10. The molecule has 98 valence electrons. The Bertz CT molecular complexity index is 226. The van der Waals surface area contributed by atoms with Crippen LogP contribution in [0.2, 0.25) is 0 Å². The molecule has 0 aromatic heterocycles. The van der Waals surface area contributed by atoms with Gasteiger partial charge in [-0.1, -0.05) is 32.6 Å². The van der Waals surface area contributed by atoms with Crippen molar-refractivity contribution in [3.63, 3.8) is 0 Å². The van der Waals surface area contributed by atoms with Crippen LogP contribution in [0.15, 0.2) is 0 Å². The van der Waals surface area contributed by atoms with Crippen LogP contribution in [0.1, 0.15) is 46.0 Å². The Morgan fingerprint density at radius 3 is 2.29 bits per heavy atom. The molecule has 0 bridgehead atoms. The van der Waals surface area contributed by atoms with Crippen LogP contribution in [0.4, 0.5) is 0 Å². The molecule has 17 heavy (non-hydrogen) atoms. The fourth-order valence-electron chi connectivity index (χ4n) is 2.39. The maximum absolute atomic E-state index is 8.87. The molecule has 1 aliphatic heterocycles. The van der Waals surface area contributed by atoms with Crippen molar-refractivity contribution in [1.82, 2.24) is 9.80 Å². The summed E-state index contributed by atoms with van der Waals surface area (Å²) in [5.74, 6) is 0. The molecule has 0 aromatic carbocycles. The van der Waals surface area contributed by atoms with E-state index in [0.717, 1.165) is 26.2 Å². The Hall–Kier alpha value is -0.590. The van der Waals surface area contributed by atoms with Gasteiger partial charge in [0, 0.05) is 26.2 Å². The Morgan fingerprint density at radius 2 is 1.71 bits per heavy atom. The van der Waals surface area contributed by atoms with Gasteiger partial charge in [0.2, 0.25) is 0 Å². The summed E-state index contributed by atoms with van der Waals surface area (Å²) in [4.78, 5) is 4.83. The van der Waals surface area contributed by atoms with Crippen molar-refractivity contribution in [3.8, 4) is 6.07 Å². The number of unbranched alkanes of at least 4 members (excludes halogenated alkanes) is 4. The van der Waals surface area contributed by atoms with E-state index in [1.807, 2.05) is 6.92 Å². The molecule has 1 fully saturated rings. The van der Waals surface area contributed by atoms with Crippen LogP contribution in [0, 0.1) is 11.3 Å². The van der Waals surface area contributed by atoms with Crippen molar-refractivity contribution in [3.05, 3.63) is 0 Å². The Labute approximate surface area is 106 Å². The number of hydrogen-bond donors (Lipinski definition) is 0.